The van der Waals surface area contributed by atoms with Crippen molar-refractivity contribution in [2.24, 2.45) is 0 Å². The smallest absolute Gasteiger partial charge is 0.252 e. The Hall–Kier alpha value is -2.16. The molecule has 0 fully saturated rings. The number of benzene rings is 1. The number of aromatic nitrogens is 1. The highest BCUT2D eigenvalue weighted by Gasteiger charge is 2.19. The molecule has 0 spiro atoms. The summed E-state index contributed by atoms with van der Waals surface area (Å²) in [6.45, 7) is 2.85. The molecule has 108 valence electrons. The van der Waals surface area contributed by atoms with E-state index in [1.807, 2.05) is 30.3 Å². The third-order valence-electron chi connectivity index (χ3n) is 3.88. The van der Waals surface area contributed by atoms with Crippen LogP contribution in [0.3, 0.4) is 0 Å². The van der Waals surface area contributed by atoms with Crippen molar-refractivity contribution in [2.75, 3.05) is 6.54 Å². The highest BCUT2D eigenvalue weighted by Crippen LogP contribution is 2.28. The zero-order valence-electron chi connectivity index (χ0n) is 12.4. The first kappa shape index (κ1) is 13.8. The summed E-state index contributed by atoms with van der Waals surface area (Å²) in [7, 11) is 0. The van der Waals surface area contributed by atoms with Crippen molar-refractivity contribution in [3.63, 3.8) is 0 Å². The van der Waals surface area contributed by atoms with Gasteiger partial charge in [0.2, 0.25) is 0 Å². The van der Waals surface area contributed by atoms with Crippen LogP contribution in [0.5, 0.6) is 0 Å². The maximum Gasteiger partial charge on any atom is 0.252 e. The largest absolute Gasteiger partial charge is 0.352 e. The van der Waals surface area contributed by atoms with Crippen LogP contribution < -0.4 is 5.32 Å². The number of hydrogen-bond acceptors (Lipinski definition) is 2. The van der Waals surface area contributed by atoms with Crippen molar-refractivity contribution >= 4 is 22.9 Å². The van der Waals surface area contributed by atoms with E-state index in [2.05, 4.69) is 18.3 Å². The van der Waals surface area contributed by atoms with Crippen LogP contribution >= 0.6 is 0 Å². The Kier molecular flexibility index (Phi) is 4.00. The van der Waals surface area contributed by atoms with E-state index in [0.717, 1.165) is 60.0 Å². The highest BCUT2D eigenvalue weighted by atomic mass is 16.1. The van der Waals surface area contributed by atoms with Gasteiger partial charge in [-0.25, -0.2) is 0 Å². The zero-order chi connectivity index (χ0) is 14.7. The number of unbranched alkanes of at least 4 members (excludes halogenated alkanes) is 1. The second-order valence-electron chi connectivity index (χ2n) is 5.41. The maximum absolute atomic E-state index is 12.6. The summed E-state index contributed by atoms with van der Waals surface area (Å²) in [6.07, 6.45) is 8.16. The minimum atomic E-state index is 0.0184. The van der Waals surface area contributed by atoms with Crippen LogP contribution in [0.25, 0.3) is 17.0 Å². The number of fused-ring (bicyclic) bond motifs is 2. The topological polar surface area (TPSA) is 42.0 Å². The van der Waals surface area contributed by atoms with E-state index in [1.54, 1.807) is 0 Å². The number of pyridine rings is 1. The molecular weight excluding hydrogens is 260 g/mol. The van der Waals surface area contributed by atoms with E-state index in [9.17, 15) is 4.79 Å². The normalized spacial score (nSPS) is 13.2. The number of rotatable bonds is 4. The summed E-state index contributed by atoms with van der Waals surface area (Å²) in [6, 6.07) is 7.90. The van der Waals surface area contributed by atoms with Crippen molar-refractivity contribution in [3.05, 3.63) is 47.2 Å². The fourth-order valence-corrected chi connectivity index (χ4v) is 2.78. The Morgan fingerprint density at radius 3 is 3.05 bits per heavy atom. The van der Waals surface area contributed by atoms with Crippen molar-refractivity contribution in [1.29, 1.82) is 0 Å². The Morgan fingerprint density at radius 1 is 1.33 bits per heavy atom. The molecule has 0 saturated carbocycles. The molecule has 3 rings (SSSR count). The number of aryl methyl sites for hydroxylation is 1. The first-order chi connectivity index (χ1) is 10.3. The molecule has 0 radical (unpaired) electrons. The van der Waals surface area contributed by atoms with Gasteiger partial charge in [-0.1, -0.05) is 43.7 Å². The number of nitrogens with one attached hydrogen (secondary N) is 1. The van der Waals surface area contributed by atoms with Crippen molar-refractivity contribution in [1.82, 2.24) is 10.3 Å². The molecule has 2 aromatic rings. The quantitative estimate of drug-likeness (QED) is 0.867. The molecular formula is C18H20N2O. The lowest BCUT2D eigenvalue weighted by molar-refractivity contribution is 0.0954. The second-order valence-corrected chi connectivity index (χ2v) is 5.41. The molecule has 1 aliphatic carbocycles. The molecule has 3 heteroatoms. The third kappa shape index (κ3) is 2.68. The Balaban J connectivity index is 2.10. The van der Waals surface area contributed by atoms with Gasteiger partial charge in [0.15, 0.2) is 0 Å². The molecule has 0 unspecified atom stereocenters. The Bertz CT molecular complexity index is 704. The summed E-state index contributed by atoms with van der Waals surface area (Å²) in [5.41, 5.74) is 3.72. The SMILES string of the molecule is CCCCNC(=O)c1c2c(nc3ccccc13)CCC=C2. The van der Waals surface area contributed by atoms with Crippen LogP contribution in [-0.4, -0.2) is 17.4 Å². The molecule has 21 heavy (non-hydrogen) atoms. The Morgan fingerprint density at radius 2 is 2.19 bits per heavy atom. The van der Waals surface area contributed by atoms with E-state index in [-0.39, 0.29) is 5.91 Å². The molecule has 1 amide bonds. The molecule has 0 saturated heterocycles. The lowest BCUT2D eigenvalue weighted by Crippen LogP contribution is -2.26. The molecule has 0 atom stereocenters. The number of allylic oxidation sites excluding steroid dienone is 1. The van der Waals surface area contributed by atoms with Crippen molar-refractivity contribution in [3.8, 4) is 0 Å². The number of carbonyl (C=O) groups excluding carboxylic acids is 1. The van der Waals surface area contributed by atoms with Gasteiger partial charge in [0.25, 0.3) is 5.91 Å². The highest BCUT2D eigenvalue weighted by molar-refractivity contribution is 6.09. The van der Waals surface area contributed by atoms with Crippen LogP contribution in [0, 0.1) is 0 Å². The van der Waals surface area contributed by atoms with E-state index in [1.165, 1.54) is 0 Å². The lowest BCUT2D eigenvalue weighted by atomic mass is 9.94. The molecule has 1 aromatic heterocycles. The van der Waals surface area contributed by atoms with E-state index >= 15 is 0 Å². The fraction of sp³-hybridized carbons (Fsp3) is 0.333. The van der Waals surface area contributed by atoms with E-state index in [0.29, 0.717) is 0 Å². The maximum atomic E-state index is 12.6. The number of para-hydroxylation sites is 1. The van der Waals surface area contributed by atoms with Gasteiger partial charge in [-0.05, 0) is 25.3 Å². The third-order valence-corrected chi connectivity index (χ3v) is 3.88. The van der Waals surface area contributed by atoms with Crippen LogP contribution in [-0.2, 0) is 6.42 Å². The van der Waals surface area contributed by atoms with Crippen LogP contribution in [0.2, 0.25) is 0 Å². The minimum absolute atomic E-state index is 0.0184. The molecule has 0 aliphatic heterocycles. The summed E-state index contributed by atoms with van der Waals surface area (Å²) < 4.78 is 0. The van der Waals surface area contributed by atoms with Crippen molar-refractivity contribution < 1.29 is 4.79 Å². The number of amides is 1. The summed E-state index contributed by atoms with van der Waals surface area (Å²) in [5, 5.41) is 3.98. The van der Waals surface area contributed by atoms with Gasteiger partial charge in [0.05, 0.1) is 11.1 Å². The van der Waals surface area contributed by atoms with E-state index < -0.39 is 0 Å². The summed E-state index contributed by atoms with van der Waals surface area (Å²) in [4.78, 5) is 17.4. The Labute approximate surface area is 125 Å². The van der Waals surface area contributed by atoms with Crippen LogP contribution in [0.1, 0.15) is 47.8 Å². The van der Waals surface area contributed by atoms with Gasteiger partial charge < -0.3 is 5.32 Å². The van der Waals surface area contributed by atoms with Gasteiger partial charge in [-0.15, -0.1) is 0 Å². The van der Waals surface area contributed by atoms with Gasteiger partial charge in [-0.2, -0.15) is 0 Å². The summed E-state index contributed by atoms with van der Waals surface area (Å²) in [5.74, 6) is 0.0184. The monoisotopic (exact) mass is 280 g/mol. The number of hydrogen-bond donors (Lipinski definition) is 1. The zero-order valence-corrected chi connectivity index (χ0v) is 12.4. The second kappa shape index (κ2) is 6.08. The number of nitrogens with zero attached hydrogens (tertiary/aromatic N) is 1. The molecule has 0 bridgehead atoms. The van der Waals surface area contributed by atoms with Gasteiger partial charge in [-0.3, -0.25) is 9.78 Å². The molecule has 1 aromatic carbocycles. The molecule has 1 heterocycles. The molecule has 3 nitrogen and oxygen atoms in total. The molecule has 1 aliphatic rings. The average molecular weight is 280 g/mol. The van der Waals surface area contributed by atoms with Crippen molar-refractivity contribution in [2.45, 2.75) is 32.6 Å². The predicted octanol–water partition coefficient (Wildman–Crippen LogP) is 3.72. The standard InChI is InChI=1S/C18H20N2O/c1-2-3-12-19-18(21)17-13-8-4-6-10-15(13)20-16-11-7-5-9-14(16)17/h4-6,8-10H,2-3,7,11-12H2,1H3,(H,19,21). The molecule has 1 N–H and O–H groups in total. The van der Waals surface area contributed by atoms with Crippen LogP contribution in [0.15, 0.2) is 30.3 Å². The summed E-state index contributed by atoms with van der Waals surface area (Å²) >= 11 is 0. The first-order valence-electron chi connectivity index (χ1n) is 7.67. The number of carbonyl (C=O) groups is 1. The minimum Gasteiger partial charge on any atom is -0.352 e. The first-order valence-corrected chi connectivity index (χ1v) is 7.67. The van der Waals surface area contributed by atoms with Gasteiger partial charge in [0.1, 0.15) is 0 Å². The lowest BCUT2D eigenvalue weighted by Gasteiger charge is -2.17. The van der Waals surface area contributed by atoms with E-state index in [4.69, 9.17) is 4.98 Å². The fourth-order valence-electron chi connectivity index (χ4n) is 2.78. The van der Waals surface area contributed by atoms with Crippen LogP contribution in [0.4, 0.5) is 0 Å². The van der Waals surface area contributed by atoms with Gasteiger partial charge in [0, 0.05) is 23.2 Å². The average Bonchev–Trinajstić information content (AvgIpc) is 2.52. The predicted molar refractivity (Wildman–Crippen MR) is 86.3 cm³/mol. The van der Waals surface area contributed by atoms with Gasteiger partial charge >= 0.3 is 0 Å².